The second-order valence-electron chi connectivity index (χ2n) is 3.87. The minimum absolute atomic E-state index is 0.0238. The molecule has 0 aromatic heterocycles. The van der Waals surface area contributed by atoms with Crippen molar-refractivity contribution >= 4 is 56.2 Å². The molecule has 0 fully saturated rings. The van der Waals surface area contributed by atoms with Crippen molar-refractivity contribution in [3.05, 3.63) is 51.5 Å². The highest BCUT2D eigenvalue weighted by Gasteiger charge is 2.22. The van der Waals surface area contributed by atoms with Crippen LogP contribution >= 0.6 is 34.8 Å². The summed E-state index contributed by atoms with van der Waals surface area (Å²) in [5.41, 5.74) is 5.86. The van der Waals surface area contributed by atoms with E-state index in [1.54, 1.807) is 18.2 Å². The lowest BCUT2D eigenvalue weighted by Crippen LogP contribution is -2.15. The van der Waals surface area contributed by atoms with Gasteiger partial charge in [-0.3, -0.25) is 4.72 Å². The number of hydrogen-bond donors (Lipinski definition) is 2. The number of nitrogens with one attached hydrogen (secondary N) is 1. The van der Waals surface area contributed by atoms with Gasteiger partial charge in [0.15, 0.2) is 0 Å². The Morgan fingerprint density at radius 1 is 0.950 bits per heavy atom. The third-order valence-electron chi connectivity index (χ3n) is 2.46. The molecule has 2 aromatic carbocycles. The average molecular weight is 352 g/mol. The molecule has 0 amide bonds. The summed E-state index contributed by atoms with van der Waals surface area (Å²) in [4.78, 5) is -0.197. The number of benzene rings is 2. The van der Waals surface area contributed by atoms with Crippen molar-refractivity contribution in [3.8, 4) is 0 Å². The number of halogens is 3. The van der Waals surface area contributed by atoms with Gasteiger partial charge in [-0.25, -0.2) is 8.42 Å². The van der Waals surface area contributed by atoms with Gasteiger partial charge in [-0.15, -0.1) is 0 Å². The third-order valence-corrected chi connectivity index (χ3v) is 5.19. The number of hydrogen-bond acceptors (Lipinski definition) is 3. The smallest absolute Gasteiger partial charge is 0.265 e. The Labute approximate surface area is 131 Å². The van der Waals surface area contributed by atoms with Crippen LogP contribution in [0.25, 0.3) is 0 Å². The van der Waals surface area contributed by atoms with E-state index in [2.05, 4.69) is 4.72 Å². The van der Waals surface area contributed by atoms with Gasteiger partial charge in [0.2, 0.25) is 0 Å². The van der Waals surface area contributed by atoms with Crippen molar-refractivity contribution in [3.63, 3.8) is 0 Å². The van der Waals surface area contributed by atoms with Crippen molar-refractivity contribution in [2.24, 2.45) is 0 Å². The molecule has 106 valence electrons. The lowest BCUT2D eigenvalue weighted by molar-refractivity contribution is 0.601. The summed E-state index contributed by atoms with van der Waals surface area (Å²) in [6.07, 6.45) is 0. The van der Waals surface area contributed by atoms with Crippen LogP contribution in [0.15, 0.2) is 41.3 Å². The summed E-state index contributed by atoms with van der Waals surface area (Å²) in [6.45, 7) is 0. The molecule has 0 spiro atoms. The topological polar surface area (TPSA) is 72.2 Å². The summed E-state index contributed by atoms with van der Waals surface area (Å²) < 4.78 is 27.0. The second-order valence-corrected chi connectivity index (χ2v) is 6.68. The molecular formula is C12H9Cl3N2O2S. The van der Waals surface area contributed by atoms with Crippen molar-refractivity contribution in [2.75, 3.05) is 10.5 Å². The van der Waals surface area contributed by atoms with Crippen LogP contribution in [0, 0.1) is 0 Å². The van der Waals surface area contributed by atoms with Crippen molar-refractivity contribution in [1.82, 2.24) is 0 Å². The predicted molar refractivity (Wildman–Crippen MR) is 83.1 cm³/mol. The average Bonchev–Trinajstić information content (AvgIpc) is 2.34. The largest absolute Gasteiger partial charge is 0.398 e. The number of anilines is 2. The predicted octanol–water partition coefficient (Wildman–Crippen LogP) is 4.03. The Kier molecular flexibility index (Phi) is 4.34. The van der Waals surface area contributed by atoms with E-state index in [0.717, 1.165) is 0 Å². The maximum Gasteiger partial charge on any atom is 0.265 e. The van der Waals surface area contributed by atoms with Crippen LogP contribution in [-0.2, 0) is 10.0 Å². The molecule has 0 aliphatic heterocycles. The Morgan fingerprint density at radius 2 is 1.55 bits per heavy atom. The van der Waals surface area contributed by atoms with E-state index in [-0.39, 0.29) is 31.3 Å². The number of rotatable bonds is 3. The van der Waals surface area contributed by atoms with E-state index in [1.807, 2.05) is 0 Å². The maximum absolute atomic E-state index is 12.3. The SMILES string of the molecule is Nc1cccc(Cl)c1S(=O)(=O)Nc1cccc(Cl)c1Cl. The number of sulfonamides is 1. The monoisotopic (exact) mass is 350 g/mol. The molecule has 20 heavy (non-hydrogen) atoms. The van der Waals surface area contributed by atoms with E-state index in [0.29, 0.717) is 0 Å². The molecule has 8 heteroatoms. The zero-order valence-electron chi connectivity index (χ0n) is 9.90. The van der Waals surface area contributed by atoms with Gasteiger partial charge in [0.1, 0.15) is 4.90 Å². The summed E-state index contributed by atoms with van der Waals surface area (Å²) in [5.74, 6) is 0. The molecule has 0 heterocycles. The molecule has 2 aromatic rings. The fourth-order valence-electron chi connectivity index (χ4n) is 1.59. The Hall–Kier alpha value is -1.14. The third kappa shape index (κ3) is 2.96. The van der Waals surface area contributed by atoms with Crippen LogP contribution in [0.5, 0.6) is 0 Å². The summed E-state index contributed by atoms with van der Waals surface area (Å²) in [5, 5.41) is 0.359. The minimum Gasteiger partial charge on any atom is -0.398 e. The first-order valence-corrected chi connectivity index (χ1v) is 7.95. The van der Waals surface area contributed by atoms with Gasteiger partial charge < -0.3 is 5.73 Å². The summed E-state index contributed by atoms with van der Waals surface area (Å²) in [7, 11) is -3.96. The lowest BCUT2D eigenvalue weighted by atomic mass is 10.3. The molecule has 4 nitrogen and oxygen atoms in total. The van der Waals surface area contributed by atoms with Gasteiger partial charge in [0.25, 0.3) is 10.0 Å². The fourth-order valence-corrected chi connectivity index (χ4v) is 3.74. The highest BCUT2D eigenvalue weighted by Crippen LogP contribution is 2.33. The van der Waals surface area contributed by atoms with Crippen LogP contribution in [0.4, 0.5) is 11.4 Å². The molecule has 0 atom stereocenters. The molecule has 0 aliphatic carbocycles. The standard InChI is InChI=1S/C12H9Cl3N2O2S/c13-7-3-2-6-10(11(7)15)17-20(18,19)12-8(14)4-1-5-9(12)16/h1-6,17H,16H2. The van der Waals surface area contributed by atoms with E-state index >= 15 is 0 Å². The number of nitrogen functional groups attached to an aromatic ring is 1. The van der Waals surface area contributed by atoms with Crippen molar-refractivity contribution in [2.45, 2.75) is 4.90 Å². The van der Waals surface area contributed by atoms with E-state index in [1.165, 1.54) is 18.2 Å². The number of nitrogens with two attached hydrogens (primary N) is 1. The zero-order valence-corrected chi connectivity index (χ0v) is 13.0. The Bertz CT molecular complexity index is 743. The summed E-state index contributed by atoms with van der Waals surface area (Å²) in [6, 6.07) is 9.04. The van der Waals surface area contributed by atoms with Gasteiger partial charge in [0.05, 0.1) is 26.4 Å². The van der Waals surface area contributed by atoms with Gasteiger partial charge in [0, 0.05) is 0 Å². The van der Waals surface area contributed by atoms with Crippen LogP contribution in [-0.4, -0.2) is 8.42 Å². The van der Waals surface area contributed by atoms with Crippen LogP contribution in [0.1, 0.15) is 0 Å². The van der Waals surface area contributed by atoms with E-state index in [4.69, 9.17) is 40.5 Å². The zero-order chi connectivity index (χ0) is 14.9. The highest BCUT2D eigenvalue weighted by molar-refractivity contribution is 7.93. The Morgan fingerprint density at radius 3 is 2.20 bits per heavy atom. The highest BCUT2D eigenvalue weighted by atomic mass is 35.5. The normalized spacial score (nSPS) is 11.3. The van der Waals surface area contributed by atoms with Gasteiger partial charge in [-0.05, 0) is 24.3 Å². The molecule has 2 rings (SSSR count). The maximum atomic E-state index is 12.3. The summed E-state index contributed by atoms with van der Waals surface area (Å²) >= 11 is 17.7. The van der Waals surface area contributed by atoms with Crippen LogP contribution < -0.4 is 10.5 Å². The molecule has 0 aliphatic rings. The molecule has 0 unspecified atom stereocenters. The molecule has 0 saturated carbocycles. The van der Waals surface area contributed by atoms with E-state index in [9.17, 15) is 8.42 Å². The lowest BCUT2D eigenvalue weighted by Gasteiger charge is -2.13. The minimum atomic E-state index is -3.96. The molecule has 0 bridgehead atoms. The van der Waals surface area contributed by atoms with Gasteiger partial charge in [-0.1, -0.05) is 46.9 Å². The van der Waals surface area contributed by atoms with Crippen molar-refractivity contribution < 1.29 is 8.42 Å². The molecule has 0 radical (unpaired) electrons. The first kappa shape index (κ1) is 15.3. The molecule has 3 N–H and O–H groups in total. The van der Waals surface area contributed by atoms with Crippen LogP contribution in [0.3, 0.4) is 0 Å². The van der Waals surface area contributed by atoms with Gasteiger partial charge in [-0.2, -0.15) is 0 Å². The van der Waals surface area contributed by atoms with Crippen molar-refractivity contribution in [1.29, 1.82) is 0 Å². The van der Waals surface area contributed by atoms with Crippen LogP contribution in [0.2, 0.25) is 15.1 Å². The quantitative estimate of drug-likeness (QED) is 0.820. The van der Waals surface area contributed by atoms with Gasteiger partial charge >= 0.3 is 0 Å². The fraction of sp³-hybridized carbons (Fsp3) is 0. The first-order chi connectivity index (χ1) is 9.33. The Balaban J connectivity index is 2.50. The van der Waals surface area contributed by atoms with E-state index < -0.39 is 10.0 Å². The second kappa shape index (κ2) is 5.69. The first-order valence-electron chi connectivity index (χ1n) is 5.34. The molecule has 0 saturated heterocycles. The molecular weight excluding hydrogens is 343 g/mol.